The Hall–Kier alpha value is -2.21. The summed E-state index contributed by atoms with van der Waals surface area (Å²) in [4.78, 5) is 21.8. The van der Waals surface area contributed by atoms with Crippen LogP contribution in [0, 0.1) is 10.1 Å². The van der Waals surface area contributed by atoms with Crippen molar-refractivity contribution in [2.45, 2.75) is 18.9 Å². The number of carbonyl (C=O) groups is 1. The van der Waals surface area contributed by atoms with Gasteiger partial charge in [-0.3, -0.25) is 14.9 Å². The van der Waals surface area contributed by atoms with Crippen LogP contribution in [0.5, 0.6) is 0 Å². The van der Waals surface area contributed by atoms with Crippen molar-refractivity contribution in [3.05, 3.63) is 46.0 Å². The first-order valence-electron chi connectivity index (χ1n) is 6.59. The van der Waals surface area contributed by atoms with Gasteiger partial charge in [0.2, 0.25) is 5.91 Å². The Bertz CT molecular complexity index is 505. The van der Waals surface area contributed by atoms with Crippen molar-refractivity contribution in [1.82, 2.24) is 10.6 Å². The van der Waals surface area contributed by atoms with Crippen molar-refractivity contribution in [2.24, 2.45) is 0 Å². The van der Waals surface area contributed by atoms with Crippen LogP contribution < -0.4 is 10.6 Å². The van der Waals surface area contributed by atoms with Crippen LogP contribution in [-0.4, -0.2) is 30.0 Å². The number of rotatable bonds is 4. The lowest BCUT2D eigenvalue weighted by Gasteiger charge is -2.23. The number of non-ortho nitro benzene ring substituents is 1. The molecule has 1 atom stereocenters. The van der Waals surface area contributed by atoms with E-state index in [1.807, 2.05) is 0 Å². The zero-order chi connectivity index (χ0) is 14.4. The Kier molecular flexibility index (Phi) is 4.84. The highest BCUT2D eigenvalue weighted by atomic mass is 16.6. The molecule has 0 spiro atoms. The van der Waals surface area contributed by atoms with E-state index in [4.69, 9.17) is 0 Å². The summed E-state index contributed by atoms with van der Waals surface area (Å²) in [6.45, 7) is 1.81. The van der Waals surface area contributed by atoms with E-state index in [0.29, 0.717) is 0 Å². The Morgan fingerprint density at radius 3 is 2.75 bits per heavy atom. The molecule has 1 saturated heterocycles. The molecule has 1 aliphatic heterocycles. The lowest BCUT2D eigenvalue weighted by molar-refractivity contribution is -0.384. The number of nitrogens with zero attached hydrogens (tertiary/aromatic N) is 1. The third-order valence-corrected chi connectivity index (χ3v) is 3.17. The number of carbonyl (C=O) groups excluding carboxylic acids is 1. The molecule has 6 nitrogen and oxygen atoms in total. The summed E-state index contributed by atoms with van der Waals surface area (Å²) in [5, 5.41) is 16.7. The van der Waals surface area contributed by atoms with Gasteiger partial charge in [-0.25, -0.2) is 0 Å². The predicted octanol–water partition coefficient (Wildman–Crippen LogP) is 1.48. The van der Waals surface area contributed by atoms with Gasteiger partial charge in [-0.2, -0.15) is 0 Å². The first kappa shape index (κ1) is 14.2. The van der Waals surface area contributed by atoms with E-state index in [9.17, 15) is 14.9 Å². The maximum atomic E-state index is 11.7. The van der Waals surface area contributed by atoms with Gasteiger partial charge >= 0.3 is 0 Å². The summed E-state index contributed by atoms with van der Waals surface area (Å²) in [5.41, 5.74) is 0.799. The Morgan fingerprint density at radius 2 is 2.15 bits per heavy atom. The molecule has 2 rings (SSSR count). The van der Waals surface area contributed by atoms with E-state index in [1.165, 1.54) is 18.2 Å². The van der Waals surface area contributed by atoms with E-state index >= 15 is 0 Å². The molecule has 20 heavy (non-hydrogen) atoms. The van der Waals surface area contributed by atoms with Gasteiger partial charge in [-0.15, -0.1) is 0 Å². The summed E-state index contributed by atoms with van der Waals surface area (Å²) in [6.07, 6.45) is 5.16. The number of hydrogen-bond acceptors (Lipinski definition) is 4. The van der Waals surface area contributed by atoms with Crippen molar-refractivity contribution >= 4 is 17.7 Å². The van der Waals surface area contributed by atoms with Gasteiger partial charge in [0.15, 0.2) is 0 Å². The monoisotopic (exact) mass is 275 g/mol. The second kappa shape index (κ2) is 6.81. The van der Waals surface area contributed by atoms with E-state index in [0.717, 1.165) is 31.5 Å². The fraction of sp³-hybridized carbons (Fsp3) is 0.357. The van der Waals surface area contributed by atoms with Crippen molar-refractivity contribution < 1.29 is 9.72 Å². The van der Waals surface area contributed by atoms with Gasteiger partial charge in [0.05, 0.1) is 4.92 Å². The molecule has 1 unspecified atom stereocenters. The fourth-order valence-corrected chi connectivity index (χ4v) is 2.10. The molecule has 0 radical (unpaired) electrons. The normalized spacial score (nSPS) is 18.9. The van der Waals surface area contributed by atoms with Crippen LogP contribution in [0.3, 0.4) is 0 Å². The van der Waals surface area contributed by atoms with Crippen LogP contribution in [0.1, 0.15) is 18.4 Å². The van der Waals surface area contributed by atoms with Crippen LogP contribution >= 0.6 is 0 Å². The number of benzene rings is 1. The van der Waals surface area contributed by atoms with E-state index in [2.05, 4.69) is 10.6 Å². The minimum Gasteiger partial charge on any atom is -0.349 e. The topological polar surface area (TPSA) is 84.3 Å². The molecular formula is C14H17N3O3. The third-order valence-electron chi connectivity index (χ3n) is 3.17. The summed E-state index contributed by atoms with van der Waals surface area (Å²) < 4.78 is 0. The van der Waals surface area contributed by atoms with E-state index in [-0.39, 0.29) is 17.6 Å². The van der Waals surface area contributed by atoms with Gasteiger partial charge in [0, 0.05) is 30.8 Å². The first-order chi connectivity index (χ1) is 9.65. The molecular weight excluding hydrogens is 258 g/mol. The first-order valence-corrected chi connectivity index (χ1v) is 6.59. The molecule has 6 heteroatoms. The highest BCUT2D eigenvalue weighted by Crippen LogP contribution is 2.12. The number of amides is 1. The molecule has 1 aliphatic rings. The molecule has 0 saturated carbocycles. The minimum atomic E-state index is -0.448. The van der Waals surface area contributed by atoms with Crippen LogP contribution in [0.25, 0.3) is 6.08 Å². The molecule has 0 aromatic heterocycles. The fourth-order valence-electron chi connectivity index (χ4n) is 2.10. The average Bonchev–Trinajstić information content (AvgIpc) is 2.46. The molecule has 106 valence electrons. The van der Waals surface area contributed by atoms with Gasteiger partial charge < -0.3 is 10.6 Å². The maximum Gasteiger partial charge on any atom is 0.269 e. The Morgan fingerprint density at radius 1 is 1.40 bits per heavy atom. The SMILES string of the molecule is O=C(/C=C/c1ccc([N+](=O)[O-])cc1)NC1CCCNC1. The lowest BCUT2D eigenvalue weighted by atomic mass is 10.1. The third kappa shape index (κ3) is 4.17. The minimum absolute atomic E-state index is 0.0416. The molecule has 0 aliphatic carbocycles. The van der Waals surface area contributed by atoms with Gasteiger partial charge in [0.1, 0.15) is 0 Å². The lowest BCUT2D eigenvalue weighted by Crippen LogP contribution is -2.45. The van der Waals surface area contributed by atoms with E-state index < -0.39 is 4.92 Å². The molecule has 1 amide bonds. The zero-order valence-corrected chi connectivity index (χ0v) is 11.0. The summed E-state index contributed by atoms with van der Waals surface area (Å²) in [5.74, 6) is -0.142. The zero-order valence-electron chi connectivity index (χ0n) is 11.0. The number of nitro groups is 1. The molecule has 1 aromatic rings. The summed E-state index contributed by atoms with van der Waals surface area (Å²) in [6, 6.07) is 6.25. The number of hydrogen-bond donors (Lipinski definition) is 2. The van der Waals surface area contributed by atoms with Crippen LogP contribution in [0.2, 0.25) is 0 Å². The summed E-state index contributed by atoms with van der Waals surface area (Å²) in [7, 11) is 0. The van der Waals surface area contributed by atoms with Crippen LogP contribution in [0.15, 0.2) is 30.3 Å². The second-order valence-corrected chi connectivity index (χ2v) is 4.73. The van der Waals surface area contributed by atoms with Gasteiger partial charge in [0.25, 0.3) is 5.69 Å². The molecule has 0 bridgehead atoms. The molecule has 1 aromatic carbocycles. The Balaban J connectivity index is 1.87. The average molecular weight is 275 g/mol. The molecule has 1 heterocycles. The van der Waals surface area contributed by atoms with Crippen molar-refractivity contribution in [2.75, 3.05) is 13.1 Å². The maximum absolute atomic E-state index is 11.7. The second-order valence-electron chi connectivity index (χ2n) is 4.73. The predicted molar refractivity (Wildman–Crippen MR) is 76.2 cm³/mol. The van der Waals surface area contributed by atoms with Crippen LogP contribution in [0.4, 0.5) is 5.69 Å². The molecule has 1 fully saturated rings. The van der Waals surface area contributed by atoms with Gasteiger partial charge in [-0.05, 0) is 43.2 Å². The number of piperidine rings is 1. The van der Waals surface area contributed by atoms with Crippen molar-refractivity contribution in [3.8, 4) is 0 Å². The van der Waals surface area contributed by atoms with Gasteiger partial charge in [-0.1, -0.05) is 0 Å². The van der Waals surface area contributed by atoms with E-state index in [1.54, 1.807) is 18.2 Å². The van der Waals surface area contributed by atoms with Crippen LogP contribution in [-0.2, 0) is 4.79 Å². The number of nitro benzene ring substituents is 1. The standard InChI is InChI=1S/C14H17N3O3/c18-14(16-12-2-1-9-15-10-12)8-5-11-3-6-13(7-4-11)17(19)20/h3-8,12,15H,1-2,9-10H2,(H,16,18)/b8-5+. The largest absolute Gasteiger partial charge is 0.349 e. The highest BCUT2D eigenvalue weighted by Gasteiger charge is 2.13. The summed E-state index contributed by atoms with van der Waals surface area (Å²) >= 11 is 0. The van der Waals surface area contributed by atoms with Crippen molar-refractivity contribution in [1.29, 1.82) is 0 Å². The Labute approximate surface area is 117 Å². The molecule has 2 N–H and O–H groups in total. The quantitative estimate of drug-likeness (QED) is 0.495. The highest BCUT2D eigenvalue weighted by molar-refractivity contribution is 5.91. The smallest absolute Gasteiger partial charge is 0.269 e. The number of nitrogens with one attached hydrogen (secondary N) is 2. The van der Waals surface area contributed by atoms with Crippen molar-refractivity contribution in [3.63, 3.8) is 0 Å².